The Morgan fingerprint density at radius 1 is 1.05 bits per heavy atom. The Hall–Kier alpha value is -2.88. The van der Waals surface area contributed by atoms with Crippen LogP contribution in [0.4, 0.5) is 0 Å². The number of fused-ring (bicyclic) bond motifs is 1. The third kappa shape index (κ3) is 2.31. The van der Waals surface area contributed by atoms with Gasteiger partial charge in [-0.15, -0.1) is 0 Å². The van der Waals surface area contributed by atoms with Gasteiger partial charge in [0.1, 0.15) is 11.3 Å². The lowest BCUT2D eigenvalue weighted by Crippen LogP contribution is -2.06. The summed E-state index contributed by atoms with van der Waals surface area (Å²) in [6.07, 6.45) is 1.31. The van der Waals surface area contributed by atoms with E-state index in [-0.39, 0.29) is 11.5 Å². The highest BCUT2D eigenvalue weighted by molar-refractivity contribution is 5.77. The summed E-state index contributed by atoms with van der Waals surface area (Å²) in [4.78, 5) is 16.0. The van der Waals surface area contributed by atoms with Crippen LogP contribution in [0.2, 0.25) is 0 Å². The van der Waals surface area contributed by atoms with E-state index in [9.17, 15) is 9.90 Å². The summed E-state index contributed by atoms with van der Waals surface area (Å²) in [5, 5.41) is 10.0. The average molecular weight is 265 g/mol. The van der Waals surface area contributed by atoms with Gasteiger partial charge in [-0.2, -0.15) is 0 Å². The second-order valence-electron chi connectivity index (χ2n) is 4.25. The molecule has 0 aliphatic heterocycles. The number of benzene rings is 2. The Bertz CT molecular complexity index is 835. The zero-order valence-electron chi connectivity index (χ0n) is 10.5. The number of hydrogen-bond acceptors (Lipinski definition) is 4. The summed E-state index contributed by atoms with van der Waals surface area (Å²) in [7, 11) is 0. The average Bonchev–Trinajstić information content (AvgIpc) is 2.49. The maximum absolute atomic E-state index is 11.8. The molecule has 3 aromatic rings. The van der Waals surface area contributed by atoms with E-state index in [2.05, 4.69) is 4.98 Å². The summed E-state index contributed by atoms with van der Waals surface area (Å²) in [5.41, 5.74) is 1.10. The van der Waals surface area contributed by atoms with Crippen molar-refractivity contribution in [2.45, 2.75) is 0 Å². The molecule has 0 aliphatic carbocycles. The van der Waals surface area contributed by atoms with Crippen molar-refractivity contribution in [2.75, 3.05) is 0 Å². The lowest BCUT2D eigenvalue weighted by Gasteiger charge is -2.00. The lowest BCUT2D eigenvalue weighted by atomic mass is 10.1. The monoisotopic (exact) mass is 265 g/mol. The van der Waals surface area contributed by atoms with E-state index in [1.807, 2.05) is 6.07 Å². The molecule has 1 N–H and O–H groups in total. The molecule has 0 fully saturated rings. The van der Waals surface area contributed by atoms with Crippen LogP contribution in [0.15, 0.2) is 63.8 Å². The Kier molecular flexibility index (Phi) is 3.05. The second kappa shape index (κ2) is 5.01. The molecule has 0 saturated carbocycles. The largest absolute Gasteiger partial charge is 0.507 e. The first-order valence-electron chi connectivity index (χ1n) is 6.10. The Morgan fingerprint density at radius 2 is 1.75 bits per heavy atom. The van der Waals surface area contributed by atoms with Crippen molar-refractivity contribution in [1.82, 2.24) is 4.98 Å². The van der Waals surface area contributed by atoms with Crippen LogP contribution in [0.5, 0.6) is 0 Å². The van der Waals surface area contributed by atoms with Crippen LogP contribution in [-0.4, -0.2) is 10.1 Å². The van der Waals surface area contributed by atoms with Gasteiger partial charge in [0, 0.05) is 11.6 Å². The van der Waals surface area contributed by atoms with Crippen LogP contribution in [-0.2, 0) is 0 Å². The van der Waals surface area contributed by atoms with Crippen molar-refractivity contribution < 1.29 is 9.52 Å². The minimum absolute atomic E-state index is 0.0271. The Labute approximate surface area is 114 Å². The molecule has 0 unspecified atom stereocenters. The summed E-state index contributed by atoms with van der Waals surface area (Å²) in [6.45, 7) is 0. The van der Waals surface area contributed by atoms with Crippen LogP contribution >= 0.6 is 0 Å². The van der Waals surface area contributed by atoms with E-state index in [0.717, 1.165) is 0 Å². The normalized spacial score (nSPS) is 11.7. The molecule has 0 amide bonds. The van der Waals surface area contributed by atoms with Crippen molar-refractivity contribution in [2.24, 2.45) is 0 Å². The van der Waals surface area contributed by atoms with Crippen LogP contribution < -0.4 is 5.63 Å². The molecular formula is C16H11NO3. The fourth-order valence-electron chi connectivity index (χ4n) is 1.88. The molecule has 3 rings (SSSR count). The number of aliphatic hydroxyl groups excluding tert-OH is 1. The van der Waals surface area contributed by atoms with Crippen LogP contribution in [0.1, 0.15) is 11.3 Å². The van der Waals surface area contributed by atoms with E-state index < -0.39 is 5.63 Å². The van der Waals surface area contributed by atoms with Crippen LogP contribution in [0, 0.1) is 0 Å². The predicted octanol–water partition coefficient (Wildman–Crippen LogP) is 3.24. The number of aromatic nitrogens is 1. The summed E-state index contributed by atoms with van der Waals surface area (Å²) in [5.74, 6) is -0.0271. The molecule has 2 aromatic carbocycles. The van der Waals surface area contributed by atoms with E-state index in [1.165, 1.54) is 6.08 Å². The van der Waals surface area contributed by atoms with E-state index in [4.69, 9.17) is 4.42 Å². The number of rotatable bonds is 2. The smallest absolute Gasteiger partial charge is 0.362 e. The highest BCUT2D eigenvalue weighted by Crippen LogP contribution is 2.14. The van der Waals surface area contributed by atoms with Gasteiger partial charge in [0.2, 0.25) is 0 Å². The van der Waals surface area contributed by atoms with Gasteiger partial charge < -0.3 is 9.52 Å². The molecule has 0 aliphatic rings. The second-order valence-corrected chi connectivity index (χ2v) is 4.25. The molecular weight excluding hydrogens is 254 g/mol. The molecule has 1 aromatic heterocycles. The van der Waals surface area contributed by atoms with Crippen molar-refractivity contribution >= 4 is 22.9 Å². The minimum Gasteiger partial charge on any atom is -0.507 e. The molecule has 0 radical (unpaired) electrons. The number of aliphatic hydroxyl groups is 1. The maximum Gasteiger partial charge on any atom is 0.362 e. The number of hydrogen-bond donors (Lipinski definition) is 1. The molecule has 20 heavy (non-hydrogen) atoms. The van der Waals surface area contributed by atoms with Gasteiger partial charge >= 0.3 is 5.63 Å². The number of para-hydroxylation sites is 2. The zero-order chi connectivity index (χ0) is 13.9. The summed E-state index contributed by atoms with van der Waals surface area (Å²) < 4.78 is 5.16. The fourth-order valence-corrected chi connectivity index (χ4v) is 1.88. The third-order valence-corrected chi connectivity index (χ3v) is 2.86. The summed E-state index contributed by atoms with van der Waals surface area (Å²) >= 11 is 0. The van der Waals surface area contributed by atoms with Gasteiger partial charge in [-0.3, -0.25) is 0 Å². The van der Waals surface area contributed by atoms with E-state index in [0.29, 0.717) is 16.7 Å². The molecule has 4 heteroatoms. The van der Waals surface area contributed by atoms with Gasteiger partial charge in [0.15, 0.2) is 11.3 Å². The number of nitrogens with zero attached hydrogens (tertiary/aromatic N) is 1. The molecule has 1 heterocycles. The van der Waals surface area contributed by atoms with E-state index >= 15 is 0 Å². The van der Waals surface area contributed by atoms with Crippen LogP contribution in [0.25, 0.3) is 22.9 Å². The lowest BCUT2D eigenvalue weighted by molar-refractivity contribution is 0.514. The van der Waals surface area contributed by atoms with Crippen LogP contribution in [0.3, 0.4) is 0 Å². The van der Waals surface area contributed by atoms with E-state index in [1.54, 1.807) is 48.5 Å². The molecule has 4 nitrogen and oxygen atoms in total. The summed E-state index contributed by atoms with van der Waals surface area (Å²) in [6, 6.07) is 15.9. The van der Waals surface area contributed by atoms with Gasteiger partial charge in [-0.05, 0) is 12.1 Å². The molecule has 0 bridgehead atoms. The first-order chi connectivity index (χ1) is 9.74. The van der Waals surface area contributed by atoms with Gasteiger partial charge in [0.25, 0.3) is 0 Å². The first-order valence-corrected chi connectivity index (χ1v) is 6.10. The predicted molar refractivity (Wildman–Crippen MR) is 77.2 cm³/mol. The SMILES string of the molecule is O=c1oc2ccccc2nc1/C=C(/O)c1ccccc1. The molecule has 0 atom stereocenters. The first kappa shape index (κ1) is 12.2. The Balaban J connectivity index is 2.11. The van der Waals surface area contributed by atoms with Gasteiger partial charge in [-0.25, -0.2) is 9.78 Å². The highest BCUT2D eigenvalue weighted by Gasteiger charge is 2.06. The quantitative estimate of drug-likeness (QED) is 0.722. The van der Waals surface area contributed by atoms with Gasteiger partial charge in [-0.1, -0.05) is 42.5 Å². The Morgan fingerprint density at radius 3 is 2.55 bits per heavy atom. The zero-order valence-corrected chi connectivity index (χ0v) is 10.5. The molecule has 98 valence electrons. The van der Waals surface area contributed by atoms with Crippen molar-refractivity contribution in [3.63, 3.8) is 0 Å². The van der Waals surface area contributed by atoms with Crippen molar-refractivity contribution in [3.8, 4) is 0 Å². The molecule has 0 spiro atoms. The maximum atomic E-state index is 11.8. The standard InChI is InChI=1S/C16H11NO3/c18-14(11-6-2-1-3-7-11)10-13-16(19)20-15-9-5-4-8-12(15)17-13/h1-10,18H/b14-10+. The third-order valence-electron chi connectivity index (χ3n) is 2.86. The highest BCUT2D eigenvalue weighted by atomic mass is 16.4. The minimum atomic E-state index is -0.578. The molecule has 0 saturated heterocycles. The van der Waals surface area contributed by atoms with Crippen molar-refractivity contribution in [1.29, 1.82) is 0 Å². The fraction of sp³-hybridized carbons (Fsp3) is 0. The van der Waals surface area contributed by atoms with Crippen molar-refractivity contribution in [3.05, 3.63) is 76.3 Å². The van der Waals surface area contributed by atoms with Gasteiger partial charge in [0.05, 0.1) is 0 Å². The topological polar surface area (TPSA) is 63.3 Å².